The van der Waals surface area contributed by atoms with Gasteiger partial charge in [-0.05, 0) is 49.8 Å². The van der Waals surface area contributed by atoms with Gasteiger partial charge in [0, 0.05) is 6.08 Å². The zero-order chi connectivity index (χ0) is 28.8. The summed E-state index contributed by atoms with van der Waals surface area (Å²) in [5.74, 6) is -2.74. The van der Waals surface area contributed by atoms with Crippen molar-refractivity contribution in [2.24, 2.45) is 0 Å². The zero-order valence-electron chi connectivity index (χ0n) is 22.4. The third kappa shape index (κ3) is 5.93. The molecule has 0 aliphatic rings. The molecule has 11 nitrogen and oxygen atoms in total. The summed E-state index contributed by atoms with van der Waals surface area (Å²) in [6.45, 7) is 3.00. The third-order valence-corrected chi connectivity index (χ3v) is 5.78. The number of hydrogen-bond donors (Lipinski definition) is 0. The zero-order valence-corrected chi connectivity index (χ0v) is 22.4. The number of benzene rings is 2. The molecule has 2 heterocycles. The van der Waals surface area contributed by atoms with E-state index in [0.29, 0.717) is 17.2 Å². The fourth-order valence-corrected chi connectivity index (χ4v) is 3.79. The van der Waals surface area contributed by atoms with Gasteiger partial charge in [-0.1, -0.05) is 24.3 Å². The second-order valence-electron chi connectivity index (χ2n) is 8.38. The van der Waals surface area contributed by atoms with Crippen LogP contribution in [0.25, 0.3) is 12.2 Å². The highest BCUT2D eigenvalue weighted by Crippen LogP contribution is 2.29. The molecule has 0 aliphatic heterocycles. The molecule has 0 radical (unpaired) electrons. The molecule has 0 saturated carbocycles. The minimum Gasteiger partial charge on any atom is -0.493 e. The van der Waals surface area contributed by atoms with Gasteiger partial charge >= 0.3 is 11.9 Å². The molecule has 4 rings (SSSR count). The number of aromatic nitrogens is 2. The van der Waals surface area contributed by atoms with E-state index >= 15 is 0 Å². The second kappa shape index (κ2) is 12.1. The number of aryl methyl sites for hydroxylation is 2. The number of methoxy groups -OCH3 is 3. The van der Waals surface area contributed by atoms with Crippen LogP contribution in [0, 0.1) is 13.8 Å². The highest BCUT2D eigenvalue weighted by Gasteiger charge is 2.39. The number of esters is 2. The summed E-state index contributed by atoms with van der Waals surface area (Å²) in [7, 11) is 4.19. The number of ketones is 1. The van der Waals surface area contributed by atoms with Crippen LogP contribution in [-0.2, 0) is 9.53 Å². The molecule has 0 saturated heterocycles. The molecule has 1 atom stereocenters. The number of nitrogens with zero attached hydrogens (tertiary/aromatic N) is 2. The molecular formula is C29H26N2O9. The maximum atomic E-state index is 13.5. The van der Waals surface area contributed by atoms with E-state index in [1.54, 1.807) is 67.8 Å². The summed E-state index contributed by atoms with van der Waals surface area (Å²) in [6, 6.07) is 13.7. The molecule has 40 heavy (non-hydrogen) atoms. The van der Waals surface area contributed by atoms with Crippen LogP contribution < -0.4 is 14.2 Å². The first-order valence-electron chi connectivity index (χ1n) is 12.0. The van der Waals surface area contributed by atoms with E-state index in [1.807, 2.05) is 0 Å². The van der Waals surface area contributed by atoms with Crippen LogP contribution in [0.15, 0.2) is 57.4 Å². The quantitative estimate of drug-likeness (QED) is 0.117. The van der Waals surface area contributed by atoms with Gasteiger partial charge in [0.15, 0.2) is 23.1 Å². The molecular weight excluding hydrogens is 520 g/mol. The van der Waals surface area contributed by atoms with E-state index < -0.39 is 23.6 Å². The van der Waals surface area contributed by atoms with Crippen LogP contribution in [-0.4, -0.2) is 49.0 Å². The molecule has 2 aromatic heterocycles. The van der Waals surface area contributed by atoms with Gasteiger partial charge in [0.2, 0.25) is 17.6 Å². The predicted molar refractivity (Wildman–Crippen MR) is 141 cm³/mol. The summed E-state index contributed by atoms with van der Waals surface area (Å²) in [5.41, 5.74) is 0.460. The summed E-state index contributed by atoms with van der Waals surface area (Å²) in [4.78, 5) is 47.2. The molecule has 206 valence electrons. The highest BCUT2D eigenvalue weighted by molar-refractivity contribution is 6.12. The van der Waals surface area contributed by atoms with E-state index in [4.69, 9.17) is 27.8 Å². The van der Waals surface area contributed by atoms with E-state index in [-0.39, 0.29) is 34.7 Å². The van der Waals surface area contributed by atoms with Gasteiger partial charge in [-0.3, -0.25) is 9.59 Å². The van der Waals surface area contributed by atoms with Crippen molar-refractivity contribution in [1.29, 1.82) is 0 Å². The van der Waals surface area contributed by atoms with Crippen LogP contribution in [0.2, 0.25) is 0 Å². The molecule has 0 N–H and O–H groups in total. The summed E-state index contributed by atoms with van der Waals surface area (Å²) in [6.07, 6.45) is 3.27. The summed E-state index contributed by atoms with van der Waals surface area (Å²) < 4.78 is 31.9. The van der Waals surface area contributed by atoms with Gasteiger partial charge in [-0.15, -0.1) is 0 Å². The Bertz CT molecular complexity index is 1570. The van der Waals surface area contributed by atoms with Crippen LogP contribution in [0.4, 0.5) is 0 Å². The van der Waals surface area contributed by atoms with E-state index in [0.717, 1.165) is 12.7 Å². The molecule has 11 heteroatoms. The molecule has 2 aromatic carbocycles. The fourth-order valence-electron chi connectivity index (χ4n) is 3.79. The Kier molecular flexibility index (Phi) is 8.43. The van der Waals surface area contributed by atoms with Crippen molar-refractivity contribution in [3.63, 3.8) is 0 Å². The van der Waals surface area contributed by atoms with Gasteiger partial charge in [0.25, 0.3) is 0 Å². The lowest BCUT2D eigenvalue weighted by molar-refractivity contribution is -0.141. The van der Waals surface area contributed by atoms with Crippen molar-refractivity contribution >= 4 is 29.9 Å². The smallest absolute Gasteiger partial charge is 0.366 e. The average molecular weight is 547 g/mol. The Morgan fingerprint density at radius 2 is 1.52 bits per heavy atom. The summed E-state index contributed by atoms with van der Waals surface area (Å²) in [5, 5.41) is 0. The molecule has 0 spiro atoms. The lowest BCUT2D eigenvalue weighted by Crippen LogP contribution is -2.25. The molecule has 0 aliphatic carbocycles. The lowest BCUT2D eigenvalue weighted by Gasteiger charge is -2.08. The number of rotatable bonds is 10. The maximum Gasteiger partial charge on any atom is 0.366 e. The molecule has 4 aromatic rings. The van der Waals surface area contributed by atoms with Crippen molar-refractivity contribution in [2.45, 2.75) is 19.8 Å². The van der Waals surface area contributed by atoms with Crippen molar-refractivity contribution in [2.75, 3.05) is 21.3 Å². The monoisotopic (exact) mass is 546 g/mol. The molecule has 0 bridgehead atoms. The number of oxazole rings is 2. The van der Waals surface area contributed by atoms with Gasteiger partial charge in [-0.25, -0.2) is 14.8 Å². The first-order valence-corrected chi connectivity index (χ1v) is 12.0. The Morgan fingerprint density at radius 3 is 2.20 bits per heavy atom. The fraction of sp³-hybridized carbons (Fsp3) is 0.207. The highest BCUT2D eigenvalue weighted by atomic mass is 16.5. The second-order valence-corrected chi connectivity index (χ2v) is 8.38. The number of hydrogen-bond acceptors (Lipinski definition) is 11. The normalized spacial score (nSPS) is 11.7. The average Bonchev–Trinajstić information content (AvgIpc) is 3.53. The number of para-hydroxylation sites is 1. The number of ether oxygens (including phenoxy) is 4. The van der Waals surface area contributed by atoms with Crippen LogP contribution in [0.3, 0.4) is 0 Å². The van der Waals surface area contributed by atoms with E-state index in [9.17, 15) is 14.4 Å². The van der Waals surface area contributed by atoms with Crippen molar-refractivity contribution in [3.05, 3.63) is 88.8 Å². The van der Waals surface area contributed by atoms with E-state index in [2.05, 4.69) is 9.97 Å². The van der Waals surface area contributed by atoms with Crippen molar-refractivity contribution < 1.29 is 42.2 Å². The largest absolute Gasteiger partial charge is 0.493 e. The Labute approximate surface area is 229 Å². The minimum absolute atomic E-state index is 0.0630. The molecule has 1 unspecified atom stereocenters. The van der Waals surface area contributed by atoms with Crippen LogP contribution in [0.1, 0.15) is 55.8 Å². The number of Topliss-reactive ketones (excluding diaryl/α,β-unsaturated/α-hetero) is 1. The lowest BCUT2D eigenvalue weighted by atomic mass is 10.0. The van der Waals surface area contributed by atoms with Gasteiger partial charge in [0.05, 0.1) is 21.3 Å². The first-order chi connectivity index (χ1) is 19.2. The molecule has 0 amide bonds. The van der Waals surface area contributed by atoms with Crippen LogP contribution in [0.5, 0.6) is 17.2 Å². The maximum absolute atomic E-state index is 13.5. The van der Waals surface area contributed by atoms with Crippen molar-refractivity contribution in [3.8, 4) is 17.2 Å². The topological polar surface area (TPSA) is 140 Å². The third-order valence-electron chi connectivity index (χ3n) is 5.78. The number of carbonyl (C=O) groups is 3. The first kappa shape index (κ1) is 27.8. The Morgan fingerprint density at radius 1 is 0.825 bits per heavy atom. The Balaban J connectivity index is 1.60. The summed E-state index contributed by atoms with van der Waals surface area (Å²) >= 11 is 0. The van der Waals surface area contributed by atoms with Gasteiger partial charge in [0.1, 0.15) is 23.0 Å². The van der Waals surface area contributed by atoms with Crippen molar-refractivity contribution in [1.82, 2.24) is 9.97 Å². The van der Waals surface area contributed by atoms with Crippen LogP contribution >= 0.6 is 0 Å². The molecule has 0 fully saturated rings. The predicted octanol–water partition coefficient (Wildman–Crippen LogP) is 4.83. The minimum atomic E-state index is -1.63. The number of carbonyl (C=O) groups excluding carboxylic acids is 3. The standard InChI is InChI=1S/C29H26N2O9/c1-16-24(30-22(38-16)14-12-18-11-13-20(35-3)21(15-18)36-4)26(32)23(28(33)37-5)27-31-25(17(2)39-27)29(34)40-19-9-7-6-8-10-19/h6-15,23H,1-5H3/b14-12+. The van der Waals surface area contributed by atoms with Gasteiger partial charge < -0.3 is 27.8 Å². The van der Waals surface area contributed by atoms with Gasteiger partial charge in [-0.2, -0.15) is 0 Å². The SMILES string of the molecule is COC(=O)C(C(=O)c1nc(/C=C/c2ccc(OC)c(OC)c2)oc1C)c1nc(C(=O)Oc2ccccc2)c(C)o1. The Hall–Kier alpha value is -5.19. The van der Waals surface area contributed by atoms with E-state index in [1.165, 1.54) is 21.0 Å².